The topological polar surface area (TPSA) is 76.1 Å². The van der Waals surface area contributed by atoms with Gasteiger partial charge in [0.15, 0.2) is 5.78 Å². The van der Waals surface area contributed by atoms with Gasteiger partial charge in [0.05, 0.1) is 11.5 Å². The van der Waals surface area contributed by atoms with E-state index in [1.807, 2.05) is 36.4 Å². The van der Waals surface area contributed by atoms with Gasteiger partial charge in [0.25, 0.3) is 0 Å². The summed E-state index contributed by atoms with van der Waals surface area (Å²) in [6, 6.07) is 16.0. The Hall–Kier alpha value is -3.53. The lowest BCUT2D eigenvalue weighted by atomic mass is 9.73. The van der Waals surface area contributed by atoms with Gasteiger partial charge in [-0.15, -0.1) is 0 Å². The van der Waals surface area contributed by atoms with Crippen LogP contribution in [0.15, 0.2) is 77.4 Å². The molecule has 2 N–H and O–H groups in total. The fraction of sp³-hybridized carbons (Fsp3) is 0.217. The number of nitrogens with two attached hydrogens (primary N) is 1. The fourth-order valence-electron chi connectivity index (χ4n) is 4.10. The highest BCUT2D eigenvalue weighted by Crippen LogP contribution is 2.47. The molecule has 4 nitrogen and oxygen atoms in total. The Kier molecular flexibility index (Phi) is 4.86. The number of alkyl halides is 3. The lowest BCUT2D eigenvalue weighted by molar-refractivity contribution is -0.137. The zero-order valence-corrected chi connectivity index (χ0v) is 15.7. The Labute approximate surface area is 171 Å². The van der Waals surface area contributed by atoms with Gasteiger partial charge in [0.1, 0.15) is 17.4 Å². The summed E-state index contributed by atoms with van der Waals surface area (Å²) < 4.78 is 45.3. The smallest absolute Gasteiger partial charge is 0.416 e. The highest BCUT2D eigenvalue weighted by Gasteiger charge is 2.41. The number of allylic oxidation sites excluding steroid dienone is 3. The molecular weight excluding hydrogens is 393 g/mol. The molecule has 0 spiro atoms. The molecule has 0 amide bonds. The summed E-state index contributed by atoms with van der Waals surface area (Å²) in [7, 11) is 0. The Morgan fingerprint density at radius 3 is 2.40 bits per heavy atom. The monoisotopic (exact) mass is 410 g/mol. The van der Waals surface area contributed by atoms with Crippen LogP contribution in [-0.4, -0.2) is 5.78 Å². The maximum Gasteiger partial charge on any atom is 0.416 e. The van der Waals surface area contributed by atoms with Crippen LogP contribution < -0.4 is 5.73 Å². The van der Waals surface area contributed by atoms with Gasteiger partial charge in [0, 0.05) is 18.4 Å². The molecule has 0 saturated carbocycles. The number of benzene rings is 2. The van der Waals surface area contributed by atoms with Crippen LogP contribution >= 0.6 is 0 Å². The van der Waals surface area contributed by atoms with Gasteiger partial charge < -0.3 is 10.5 Å². The van der Waals surface area contributed by atoms with Crippen molar-refractivity contribution in [2.75, 3.05) is 0 Å². The molecule has 1 aliphatic heterocycles. The summed E-state index contributed by atoms with van der Waals surface area (Å²) in [6.45, 7) is 0. The second-order valence-corrected chi connectivity index (χ2v) is 7.32. The zero-order chi connectivity index (χ0) is 21.5. The van der Waals surface area contributed by atoms with E-state index in [1.54, 1.807) is 0 Å². The van der Waals surface area contributed by atoms with Crippen molar-refractivity contribution < 1.29 is 22.7 Å². The molecule has 30 heavy (non-hydrogen) atoms. The van der Waals surface area contributed by atoms with Gasteiger partial charge >= 0.3 is 6.18 Å². The maximum absolute atomic E-state index is 13.2. The molecule has 152 valence electrons. The molecule has 0 unspecified atom stereocenters. The zero-order valence-electron chi connectivity index (χ0n) is 15.7. The quantitative estimate of drug-likeness (QED) is 0.763. The first kappa shape index (κ1) is 19.8. The van der Waals surface area contributed by atoms with Crippen molar-refractivity contribution in [2.45, 2.75) is 30.9 Å². The molecule has 0 saturated heterocycles. The molecular formula is C23H17F3N2O2. The van der Waals surface area contributed by atoms with Crippen LogP contribution in [0.4, 0.5) is 13.2 Å². The number of ether oxygens (including phenoxy) is 1. The van der Waals surface area contributed by atoms with Gasteiger partial charge in [-0.2, -0.15) is 18.4 Å². The number of halogens is 3. The van der Waals surface area contributed by atoms with Crippen molar-refractivity contribution in [1.29, 1.82) is 5.26 Å². The third kappa shape index (κ3) is 3.45. The molecule has 2 aromatic carbocycles. The lowest BCUT2D eigenvalue weighted by Crippen LogP contribution is -2.30. The van der Waals surface area contributed by atoms with Crippen LogP contribution in [0, 0.1) is 11.3 Å². The first-order chi connectivity index (χ1) is 14.3. The summed E-state index contributed by atoms with van der Waals surface area (Å²) in [6.07, 6.45) is -3.99. The predicted octanol–water partition coefficient (Wildman–Crippen LogP) is 4.91. The van der Waals surface area contributed by atoms with Crippen LogP contribution in [0.2, 0.25) is 0 Å². The Morgan fingerprint density at radius 2 is 1.73 bits per heavy atom. The first-order valence-corrected chi connectivity index (χ1v) is 9.35. The average Bonchev–Trinajstić information content (AvgIpc) is 2.72. The number of hydrogen-bond donors (Lipinski definition) is 1. The third-order valence-electron chi connectivity index (χ3n) is 5.48. The maximum atomic E-state index is 13.2. The Bertz CT molecular complexity index is 1110. The molecule has 7 heteroatoms. The molecule has 0 radical (unpaired) electrons. The largest absolute Gasteiger partial charge is 0.444 e. The van der Waals surface area contributed by atoms with Crippen LogP contribution in [0.1, 0.15) is 41.4 Å². The number of nitrogens with zero attached hydrogens (tertiary/aromatic N) is 1. The number of nitriles is 1. The summed E-state index contributed by atoms with van der Waals surface area (Å²) >= 11 is 0. The van der Waals surface area contributed by atoms with E-state index in [0.717, 1.165) is 17.7 Å². The van der Waals surface area contributed by atoms with Crippen LogP contribution in [0.25, 0.3) is 0 Å². The van der Waals surface area contributed by atoms with Gasteiger partial charge in [0.2, 0.25) is 5.88 Å². The van der Waals surface area contributed by atoms with Crippen molar-refractivity contribution >= 4 is 5.78 Å². The van der Waals surface area contributed by atoms with Crippen molar-refractivity contribution in [1.82, 2.24) is 0 Å². The molecule has 0 aromatic heterocycles. The SMILES string of the molecule is N#CC1=C(N)OC2=C(C(=O)C[C@@H](c3ccccc3)C2)[C@H]1c1cccc(C(F)(F)F)c1. The Balaban J connectivity index is 1.81. The number of carbonyl (C=O) groups is 1. The van der Waals surface area contributed by atoms with Crippen molar-refractivity contribution in [3.63, 3.8) is 0 Å². The second-order valence-electron chi connectivity index (χ2n) is 7.32. The highest BCUT2D eigenvalue weighted by atomic mass is 19.4. The molecule has 4 rings (SSSR count). The van der Waals surface area contributed by atoms with Gasteiger partial charge in [-0.05, 0) is 23.1 Å². The Morgan fingerprint density at radius 1 is 1.03 bits per heavy atom. The van der Waals surface area contributed by atoms with E-state index in [1.165, 1.54) is 12.1 Å². The van der Waals surface area contributed by atoms with Crippen molar-refractivity contribution in [3.05, 3.63) is 94.1 Å². The van der Waals surface area contributed by atoms with Gasteiger partial charge in [-0.3, -0.25) is 4.79 Å². The predicted molar refractivity (Wildman–Crippen MR) is 103 cm³/mol. The van der Waals surface area contributed by atoms with E-state index in [2.05, 4.69) is 0 Å². The number of ketones is 1. The molecule has 2 atom stereocenters. The molecule has 0 fully saturated rings. The molecule has 1 heterocycles. The van der Waals surface area contributed by atoms with E-state index in [0.29, 0.717) is 12.2 Å². The summed E-state index contributed by atoms with van der Waals surface area (Å²) in [5.41, 5.74) is 6.40. The van der Waals surface area contributed by atoms with E-state index in [9.17, 15) is 23.2 Å². The normalized spacial score (nSPS) is 21.7. The van der Waals surface area contributed by atoms with E-state index in [4.69, 9.17) is 10.5 Å². The minimum absolute atomic E-state index is 0.0559. The van der Waals surface area contributed by atoms with Crippen LogP contribution in [0.5, 0.6) is 0 Å². The number of hydrogen-bond acceptors (Lipinski definition) is 4. The lowest BCUT2D eigenvalue weighted by Gasteiger charge is -2.34. The molecule has 1 aliphatic carbocycles. The highest BCUT2D eigenvalue weighted by molar-refractivity contribution is 6.00. The van der Waals surface area contributed by atoms with Gasteiger partial charge in [-0.25, -0.2) is 0 Å². The van der Waals surface area contributed by atoms with E-state index >= 15 is 0 Å². The summed E-state index contributed by atoms with van der Waals surface area (Å²) in [5, 5.41) is 9.60. The fourth-order valence-corrected chi connectivity index (χ4v) is 4.10. The van der Waals surface area contributed by atoms with Crippen molar-refractivity contribution in [2.24, 2.45) is 5.73 Å². The first-order valence-electron chi connectivity index (χ1n) is 9.35. The third-order valence-corrected chi connectivity index (χ3v) is 5.48. The van der Waals surface area contributed by atoms with E-state index < -0.39 is 17.7 Å². The van der Waals surface area contributed by atoms with Gasteiger partial charge in [-0.1, -0.05) is 48.5 Å². The minimum Gasteiger partial charge on any atom is -0.444 e. The molecule has 2 aliphatic rings. The number of rotatable bonds is 2. The average molecular weight is 410 g/mol. The van der Waals surface area contributed by atoms with Crippen LogP contribution in [-0.2, 0) is 15.7 Å². The minimum atomic E-state index is -4.55. The molecule has 0 bridgehead atoms. The van der Waals surface area contributed by atoms with Crippen LogP contribution in [0.3, 0.4) is 0 Å². The van der Waals surface area contributed by atoms with Crippen molar-refractivity contribution in [3.8, 4) is 6.07 Å². The number of carbonyl (C=O) groups excluding carboxylic acids is 1. The summed E-state index contributed by atoms with van der Waals surface area (Å²) in [5.74, 6) is -1.23. The molecule has 2 aromatic rings. The second kappa shape index (κ2) is 7.38. The standard InChI is InChI=1S/C23H17F3N2O2/c24-23(25,26)16-8-4-7-14(9-16)20-17(12-27)22(28)30-19-11-15(10-18(29)21(19)20)13-5-2-1-3-6-13/h1-9,15,20H,10-11,28H2/t15-,20+/m1/s1. The number of Topliss-reactive ketones (excluding diaryl/α,β-unsaturated/α-hetero) is 1. The summed E-state index contributed by atoms with van der Waals surface area (Å²) in [4.78, 5) is 13.1. The van der Waals surface area contributed by atoms with E-state index in [-0.39, 0.29) is 40.7 Å².